The first-order valence-corrected chi connectivity index (χ1v) is 4.34. The maximum absolute atomic E-state index is 2.53. The van der Waals surface area contributed by atoms with E-state index in [9.17, 15) is 0 Å². The third-order valence-corrected chi connectivity index (χ3v) is 3.39. The van der Waals surface area contributed by atoms with Crippen LogP contribution >= 0.6 is 22.6 Å². The Bertz CT molecular complexity index is 84.6. The van der Waals surface area contributed by atoms with Gasteiger partial charge in [-0.15, -0.1) is 0 Å². The molecule has 0 spiro atoms. The number of rotatable bonds is 0. The largest absolute Gasteiger partial charge is 0.0882 e. The fourth-order valence-electron chi connectivity index (χ4n) is 0.917. The molecule has 0 fully saturated rings. The molecule has 0 bridgehead atoms. The summed E-state index contributed by atoms with van der Waals surface area (Å²) in [4.78, 5) is 0. The molecule has 0 aromatic rings. The minimum atomic E-state index is 0.887. The van der Waals surface area contributed by atoms with E-state index < -0.39 is 0 Å². The van der Waals surface area contributed by atoms with E-state index in [0.717, 1.165) is 9.84 Å². The van der Waals surface area contributed by atoms with Gasteiger partial charge in [-0.05, 0) is 18.8 Å². The van der Waals surface area contributed by atoms with Crippen LogP contribution in [0.5, 0.6) is 0 Å². The van der Waals surface area contributed by atoms with Gasteiger partial charge >= 0.3 is 0 Å². The minimum Gasteiger partial charge on any atom is -0.0882 e. The second-order valence-corrected chi connectivity index (χ2v) is 4.04. The van der Waals surface area contributed by atoms with E-state index >= 15 is 0 Å². The minimum absolute atomic E-state index is 0.887. The molecule has 0 amide bonds. The first-order chi connectivity index (χ1) is 3.80. The van der Waals surface area contributed by atoms with Gasteiger partial charge in [-0.1, -0.05) is 41.7 Å². The van der Waals surface area contributed by atoms with Crippen molar-refractivity contribution in [3.05, 3.63) is 12.2 Å². The monoisotopic (exact) mass is 222 g/mol. The van der Waals surface area contributed by atoms with Crippen LogP contribution in [0.2, 0.25) is 0 Å². The zero-order valence-electron chi connectivity index (χ0n) is 5.10. The molecule has 0 heterocycles. The lowest BCUT2D eigenvalue weighted by molar-refractivity contribution is 0.559. The second-order valence-electron chi connectivity index (χ2n) is 2.44. The van der Waals surface area contributed by atoms with Gasteiger partial charge in [-0.25, -0.2) is 0 Å². The van der Waals surface area contributed by atoms with Crippen LogP contribution < -0.4 is 0 Å². The van der Waals surface area contributed by atoms with Gasteiger partial charge in [0.25, 0.3) is 0 Å². The molecule has 2 atom stereocenters. The summed E-state index contributed by atoms with van der Waals surface area (Å²) in [5.41, 5.74) is 0. The average Bonchev–Trinajstić information content (AvgIpc) is 1.77. The van der Waals surface area contributed by atoms with Crippen LogP contribution in [0.1, 0.15) is 19.8 Å². The Kier molecular flexibility index (Phi) is 2.35. The van der Waals surface area contributed by atoms with E-state index in [1.54, 1.807) is 0 Å². The van der Waals surface area contributed by atoms with E-state index in [-0.39, 0.29) is 0 Å². The second kappa shape index (κ2) is 2.85. The summed E-state index contributed by atoms with van der Waals surface area (Å²) in [7, 11) is 0. The van der Waals surface area contributed by atoms with Crippen LogP contribution in [0.15, 0.2) is 12.2 Å². The number of hydrogen-bond donors (Lipinski definition) is 0. The van der Waals surface area contributed by atoms with Gasteiger partial charge in [0.2, 0.25) is 0 Å². The van der Waals surface area contributed by atoms with Gasteiger partial charge in [0, 0.05) is 3.92 Å². The standard InChI is InChI=1S/C7H11I/c1-6-4-2-3-5-7(6)8/h2-3,6-7H,4-5H2,1H3. The van der Waals surface area contributed by atoms with Crippen molar-refractivity contribution in [2.45, 2.75) is 23.7 Å². The zero-order valence-corrected chi connectivity index (χ0v) is 7.26. The van der Waals surface area contributed by atoms with Gasteiger partial charge in [0.05, 0.1) is 0 Å². The van der Waals surface area contributed by atoms with Crippen molar-refractivity contribution in [2.24, 2.45) is 5.92 Å². The van der Waals surface area contributed by atoms with Gasteiger partial charge in [0.15, 0.2) is 0 Å². The third kappa shape index (κ3) is 1.47. The fraction of sp³-hybridized carbons (Fsp3) is 0.714. The van der Waals surface area contributed by atoms with Crippen LogP contribution in [0, 0.1) is 5.92 Å². The molecule has 0 nitrogen and oxygen atoms in total. The molecule has 1 aliphatic rings. The predicted molar refractivity (Wildman–Crippen MR) is 45.3 cm³/mol. The maximum atomic E-state index is 2.53. The summed E-state index contributed by atoms with van der Waals surface area (Å²) in [6.45, 7) is 2.32. The van der Waals surface area contributed by atoms with E-state index in [0.29, 0.717) is 0 Å². The first-order valence-electron chi connectivity index (χ1n) is 3.10. The first kappa shape index (κ1) is 6.59. The molecule has 8 heavy (non-hydrogen) atoms. The number of hydrogen-bond acceptors (Lipinski definition) is 0. The highest BCUT2D eigenvalue weighted by Gasteiger charge is 2.13. The van der Waals surface area contributed by atoms with Gasteiger partial charge in [0.1, 0.15) is 0 Å². The van der Waals surface area contributed by atoms with Crippen molar-refractivity contribution < 1.29 is 0 Å². The lowest BCUT2D eigenvalue weighted by Crippen LogP contribution is -2.11. The summed E-state index contributed by atoms with van der Waals surface area (Å²) in [5, 5.41) is 0. The Morgan fingerprint density at radius 1 is 1.38 bits per heavy atom. The van der Waals surface area contributed by atoms with Crippen molar-refractivity contribution in [3.63, 3.8) is 0 Å². The summed E-state index contributed by atoms with van der Waals surface area (Å²) in [6.07, 6.45) is 7.15. The Hall–Kier alpha value is 0.470. The lowest BCUT2D eigenvalue weighted by atomic mass is 9.97. The molecule has 46 valence electrons. The summed E-state index contributed by atoms with van der Waals surface area (Å²) < 4.78 is 0.887. The van der Waals surface area contributed by atoms with E-state index in [2.05, 4.69) is 41.7 Å². The topological polar surface area (TPSA) is 0 Å². The van der Waals surface area contributed by atoms with E-state index in [4.69, 9.17) is 0 Å². The molecule has 0 aromatic heterocycles. The number of halogens is 1. The van der Waals surface area contributed by atoms with Gasteiger partial charge < -0.3 is 0 Å². The summed E-state index contributed by atoms with van der Waals surface area (Å²) >= 11 is 2.53. The van der Waals surface area contributed by atoms with Crippen molar-refractivity contribution in [1.82, 2.24) is 0 Å². The Labute approximate surface area is 64.5 Å². The quantitative estimate of drug-likeness (QED) is 0.336. The van der Waals surface area contributed by atoms with E-state index in [1.165, 1.54) is 12.8 Å². The van der Waals surface area contributed by atoms with Crippen molar-refractivity contribution in [1.29, 1.82) is 0 Å². The molecular formula is C7H11I. The molecule has 0 N–H and O–H groups in total. The molecule has 0 aliphatic heterocycles. The Morgan fingerprint density at radius 2 is 2.00 bits per heavy atom. The van der Waals surface area contributed by atoms with Crippen molar-refractivity contribution in [2.75, 3.05) is 0 Å². The predicted octanol–water partition coefficient (Wildman–Crippen LogP) is 2.78. The Morgan fingerprint density at radius 3 is 2.38 bits per heavy atom. The highest BCUT2D eigenvalue weighted by atomic mass is 127. The normalized spacial score (nSPS) is 37.8. The smallest absolute Gasteiger partial charge is 0.0173 e. The SMILES string of the molecule is CC1CC=CCC1I. The molecular weight excluding hydrogens is 211 g/mol. The lowest BCUT2D eigenvalue weighted by Gasteiger charge is -2.18. The highest BCUT2D eigenvalue weighted by Crippen LogP contribution is 2.24. The molecule has 0 saturated heterocycles. The van der Waals surface area contributed by atoms with Crippen LogP contribution in [-0.2, 0) is 0 Å². The molecule has 0 saturated carbocycles. The average molecular weight is 222 g/mol. The molecule has 0 aromatic carbocycles. The van der Waals surface area contributed by atoms with Gasteiger partial charge in [-0.3, -0.25) is 0 Å². The number of alkyl halides is 1. The Balaban J connectivity index is 2.44. The summed E-state index contributed by atoms with van der Waals surface area (Å²) in [6, 6.07) is 0. The van der Waals surface area contributed by atoms with Crippen LogP contribution in [-0.4, -0.2) is 3.92 Å². The maximum Gasteiger partial charge on any atom is 0.0173 e. The molecule has 1 aliphatic carbocycles. The highest BCUT2D eigenvalue weighted by molar-refractivity contribution is 14.1. The van der Waals surface area contributed by atoms with Crippen LogP contribution in [0.25, 0.3) is 0 Å². The zero-order chi connectivity index (χ0) is 5.98. The fourth-order valence-corrected chi connectivity index (χ4v) is 1.50. The molecule has 1 heteroatoms. The van der Waals surface area contributed by atoms with Crippen molar-refractivity contribution >= 4 is 22.6 Å². The van der Waals surface area contributed by atoms with Crippen LogP contribution in [0.3, 0.4) is 0 Å². The summed E-state index contributed by atoms with van der Waals surface area (Å²) in [5.74, 6) is 0.903. The molecule has 1 rings (SSSR count). The molecule has 0 radical (unpaired) electrons. The third-order valence-electron chi connectivity index (χ3n) is 1.65. The van der Waals surface area contributed by atoms with Gasteiger partial charge in [-0.2, -0.15) is 0 Å². The van der Waals surface area contributed by atoms with E-state index in [1.807, 2.05) is 0 Å². The molecule has 2 unspecified atom stereocenters. The number of allylic oxidation sites excluding steroid dienone is 2. The van der Waals surface area contributed by atoms with Crippen LogP contribution in [0.4, 0.5) is 0 Å². The van der Waals surface area contributed by atoms with Crippen molar-refractivity contribution in [3.8, 4) is 0 Å².